The Morgan fingerprint density at radius 1 is 1.15 bits per heavy atom. The van der Waals surface area contributed by atoms with Crippen LogP contribution in [0, 0.1) is 11.3 Å². The van der Waals surface area contributed by atoms with Gasteiger partial charge in [0.05, 0.1) is 10.0 Å². The van der Waals surface area contributed by atoms with Gasteiger partial charge in [0, 0.05) is 6.54 Å². The summed E-state index contributed by atoms with van der Waals surface area (Å²) in [6, 6.07) is 5.93. The zero-order chi connectivity index (χ0) is 15.2. The van der Waals surface area contributed by atoms with Gasteiger partial charge in [-0.25, -0.2) is 0 Å². The van der Waals surface area contributed by atoms with Crippen LogP contribution in [0.15, 0.2) is 18.2 Å². The van der Waals surface area contributed by atoms with Crippen molar-refractivity contribution < 1.29 is 0 Å². The Hall–Kier alpha value is -0.240. The largest absolute Gasteiger partial charge is 0.316 e. The minimum Gasteiger partial charge on any atom is -0.316 e. The van der Waals surface area contributed by atoms with E-state index in [1.54, 1.807) is 0 Å². The monoisotopic (exact) mass is 315 g/mol. The molecular formula is C17H27Cl2N. The average Bonchev–Trinajstić information content (AvgIpc) is 2.42. The van der Waals surface area contributed by atoms with Crippen LogP contribution in [0.5, 0.6) is 0 Å². The molecule has 0 aromatic heterocycles. The van der Waals surface area contributed by atoms with Crippen LogP contribution >= 0.6 is 23.2 Å². The van der Waals surface area contributed by atoms with Gasteiger partial charge in [0.2, 0.25) is 0 Å². The predicted octanol–water partition coefficient (Wildman–Crippen LogP) is 5.59. The fraction of sp³-hybridized carbons (Fsp3) is 0.647. The fourth-order valence-corrected chi connectivity index (χ4v) is 2.91. The van der Waals surface area contributed by atoms with Crippen molar-refractivity contribution in [1.29, 1.82) is 0 Å². The summed E-state index contributed by atoms with van der Waals surface area (Å²) in [5.41, 5.74) is 1.41. The molecule has 1 N–H and O–H groups in total. The van der Waals surface area contributed by atoms with Gasteiger partial charge in [0.15, 0.2) is 0 Å². The topological polar surface area (TPSA) is 12.0 Å². The van der Waals surface area contributed by atoms with E-state index in [9.17, 15) is 0 Å². The van der Waals surface area contributed by atoms with E-state index in [1.807, 2.05) is 12.1 Å². The first kappa shape index (κ1) is 17.8. The molecule has 0 aliphatic heterocycles. The van der Waals surface area contributed by atoms with Crippen molar-refractivity contribution in [3.05, 3.63) is 33.8 Å². The molecule has 114 valence electrons. The highest BCUT2D eigenvalue weighted by molar-refractivity contribution is 6.42. The molecule has 0 atom stereocenters. The van der Waals surface area contributed by atoms with Crippen molar-refractivity contribution in [3.63, 3.8) is 0 Å². The molecule has 1 nitrogen and oxygen atoms in total. The maximum absolute atomic E-state index is 6.35. The second-order valence-electron chi connectivity index (χ2n) is 6.12. The zero-order valence-electron chi connectivity index (χ0n) is 13.1. The molecule has 0 fully saturated rings. The molecule has 0 radical (unpaired) electrons. The third kappa shape index (κ3) is 4.95. The van der Waals surface area contributed by atoms with Gasteiger partial charge in [0.25, 0.3) is 0 Å². The third-order valence-corrected chi connectivity index (χ3v) is 5.01. The lowest BCUT2D eigenvalue weighted by Gasteiger charge is -2.33. The van der Waals surface area contributed by atoms with Gasteiger partial charge in [-0.3, -0.25) is 0 Å². The minimum atomic E-state index is 0.253. The molecular weight excluding hydrogens is 289 g/mol. The van der Waals surface area contributed by atoms with Gasteiger partial charge in [0.1, 0.15) is 0 Å². The van der Waals surface area contributed by atoms with Gasteiger partial charge in [-0.05, 0) is 48.8 Å². The molecule has 20 heavy (non-hydrogen) atoms. The van der Waals surface area contributed by atoms with Crippen molar-refractivity contribution in [1.82, 2.24) is 5.32 Å². The quantitative estimate of drug-likeness (QED) is 0.659. The highest BCUT2D eigenvalue weighted by atomic mass is 35.5. The number of hydrogen-bond acceptors (Lipinski definition) is 1. The van der Waals surface area contributed by atoms with E-state index in [0.29, 0.717) is 16.0 Å². The normalized spacial score (nSPS) is 12.2. The van der Waals surface area contributed by atoms with Crippen LogP contribution in [0.1, 0.15) is 46.1 Å². The van der Waals surface area contributed by atoms with Crippen molar-refractivity contribution in [3.8, 4) is 0 Å². The van der Waals surface area contributed by atoms with Crippen LogP contribution in [0.3, 0.4) is 0 Å². The van der Waals surface area contributed by atoms with E-state index >= 15 is 0 Å². The van der Waals surface area contributed by atoms with Gasteiger partial charge in [-0.2, -0.15) is 0 Å². The smallest absolute Gasteiger partial charge is 0.0624 e. The van der Waals surface area contributed by atoms with E-state index in [1.165, 1.54) is 0 Å². The molecule has 0 saturated carbocycles. The molecule has 0 aliphatic rings. The molecule has 1 rings (SSSR count). The lowest BCUT2D eigenvalue weighted by atomic mass is 9.76. The second kappa shape index (κ2) is 8.26. The number of rotatable bonds is 8. The van der Waals surface area contributed by atoms with Gasteiger partial charge < -0.3 is 5.32 Å². The van der Waals surface area contributed by atoms with Crippen LogP contribution in [-0.2, 0) is 6.42 Å². The molecule has 0 aliphatic carbocycles. The molecule has 0 spiro atoms. The summed E-state index contributed by atoms with van der Waals surface area (Å²) in [6.07, 6.45) is 3.25. The van der Waals surface area contributed by atoms with Gasteiger partial charge in [-0.15, -0.1) is 0 Å². The minimum absolute atomic E-state index is 0.253. The van der Waals surface area contributed by atoms with E-state index in [2.05, 4.69) is 39.1 Å². The average molecular weight is 316 g/mol. The van der Waals surface area contributed by atoms with Crippen LogP contribution < -0.4 is 5.32 Å². The van der Waals surface area contributed by atoms with E-state index in [4.69, 9.17) is 23.2 Å². The van der Waals surface area contributed by atoms with Crippen LogP contribution in [0.4, 0.5) is 0 Å². The van der Waals surface area contributed by atoms with Crippen molar-refractivity contribution in [2.75, 3.05) is 13.1 Å². The Balaban J connectivity index is 2.82. The van der Waals surface area contributed by atoms with Crippen LogP contribution in [0.25, 0.3) is 0 Å². The number of nitrogens with one attached hydrogen (secondary N) is 1. The Kier molecular flexibility index (Phi) is 7.36. The zero-order valence-corrected chi connectivity index (χ0v) is 14.6. The number of benzene rings is 1. The Morgan fingerprint density at radius 3 is 2.35 bits per heavy atom. The number of hydrogen-bond donors (Lipinski definition) is 1. The molecule has 1 aromatic carbocycles. The molecule has 0 bridgehead atoms. The van der Waals surface area contributed by atoms with E-state index in [-0.39, 0.29) is 5.41 Å². The van der Waals surface area contributed by atoms with Gasteiger partial charge in [-0.1, -0.05) is 63.0 Å². The van der Waals surface area contributed by atoms with Crippen molar-refractivity contribution in [2.24, 2.45) is 11.3 Å². The summed E-state index contributed by atoms with van der Waals surface area (Å²) in [4.78, 5) is 0. The van der Waals surface area contributed by atoms with Crippen LogP contribution in [-0.4, -0.2) is 13.1 Å². The summed E-state index contributed by atoms with van der Waals surface area (Å²) < 4.78 is 0. The molecule has 0 amide bonds. The van der Waals surface area contributed by atoms with E-state index in [0.717, 1.165) is 37.9 Å². The maximum Gasteiger partial charge on any atom is 0.0624 e. The highest BCUT2D eigenvalue weighted by Crippen LogP contribution is 2.35. The molecule has 0 saturated heterocycles. The third-order valence-electron chi connectivity index (χ3n) is 4.15. The summed E-state index contributed by atoms with van der Waals surface area (Å²) >= 11 is 12.5. The molecule has 0 unspecified atom stereocenters. The van der Waals surface area contributed by atoms with Gasteiger partial charge >= 0.3 is 0 Å². The summed E-state index contributed by atoms with van der Waals surface area (Å²) in [7, 11) is 0. The maximum atomic E-state index is 6.35. The Morgan fingerprint density at radius 2 is 1.80 bits per heavy atom. The van der Waals surface area contributed by atoms with Crippen LogP contribution in [0.2, 0.25) is 10.0 Å². The molecule has 0 heterocycles. The summed E-state index contributed by atoms with van der Waals surface area (Å²) in [6.45, 7) is 11.1. The van der Waals surface area contributed by atoms with Crippen molar-refractivity contribution in [2.45, 2.75) is 47.0 Å². The van der Waals surface area contributed by atoms with Crippen molar-refractivity contribution >= 4 is 23.2 Å². The number of halogens is 2. The summed E-state index contributed by atoms with van der Waals surface area (Å²) in [5.74, 6) is 0.677. The standard InChI is InChI=1S/C17H27Cl2N/c1-5-17(6-2,12-20-11-13(3)4)10-14-8-7-9-15(18)16(14)19/h7-9,13,20H,5-6,10-12H2,1-4H3. The lowest BCUT2D eigenvalue weighted by Crippen LogP contribution is -2.37. The molecule has 3 heteroatoms. The first-order chi connectivity index (χ1) is 9.44. The lowest BCUT2D eigenvalue weighted by molar-refractivity contribution is 0.243. The first-order valence-corrected chi connectivity index (χ1v) is 8.33. The predicted molar refractivity (Wildman–Crippen MR) is 90.9 cm³/mol. The first-order valence-electron chi connectivity index (χ1n) is 7.57. The van der Waals surface area contributed by atoms with E-state index < -0.39 is 0 Å². The fourth-order valence-electron chi connectivity index (χ4n) is 2.53. The Bertz CT molecular complexity index is 411. The Labute approximate surface area is 134 Å². The second-order valence-corrected chi connectivity index (χ2v) is 6.91. The SMILES string of the molecule is CCC(CC)(CNCC(C)C)Cc1cccc(Cl)c1Cl. The molecule has 1 aromatic rings. The summed E-state index contributed by atoms with van der Waals surface area (Å²) in [5, 5.41) is 4.97. The highest BCUT2D eigenvalue weighted by Gasteiger charge is 2.27.